The number of amides is 1. The Morgan fingerprint density at radius 1 is 1.00 bits per heavy atom. The molecule has 8 nitrogen and oxygen atoms in total. The highest BCUT2D eigenvalue weighted by Crippen LogP contribution is 2.39. The average molecular weight is 486 g/mol. The Hall–Kier alpha value is -3.75. The third kappa shape index (κ3) is 3.94. The zero-order chi connectivity index (χ0) is 23.6. The molecule has 0 spiro atoms. The number of benzene rings is 3. The highest BCUT2D eigenvalue weighted by Gasteiger charge is 2.57. The number of nitrogens with zero attached hydrogens (tertiary/aromatic N) is 2. The van der Waals surface area contributed by atoms with E-state index in [4.69, 9.17) is 32.8 Å². The molecule has 33 heavy (non-hydrogen) atoms. The Morgan fingerprint density at radius 2 is 1.64 bits per heavy atom. The number of aliphatic carboxylic acids is 1. The minimum Gasteiger partial charge on any atom is -0.497 e. The quantitative estimate of drug-likeness (QED) is 0.540. The smallest absolute Gasteiger partial charge is 0.379 e. The number of carbonyl (C=O) groups is 2. The molecule has 1 aliphatic rings. The van der Waals surface area contributed by atoms with Gasteiger partial charge in [-0.15, -0.1) is 0 Å². The number of carboxylic acid groups (broad SMARTS) is 1. The molecule has 0 bridgehead atoms. The Morgan fingerprint density at radius 3 is 2.21 bits per heavy atom. The number of ether oxygens (including phenoxy) is 1. The van der Waals surface area contributed by atoms with E-state index in [0.29, 0.717) is 5.75 Å². The molecule has 0 radical (unpaired) electrons. The molecule has 0 saturated carbocycles. The number of amidine groups is 1. The summed E-state index contributed by atoms with van der Waals surface area (Å²) in [6, 6.07) is 19.2. The second-order valence-corrected chi connectivity index (χ2v) is 7.74. The first-order chi connectivity index (χ1) is 15.9. The van der Waals surface area contributed by atoms with Gasteiger partial charge in [0.1, 0.15) is 5.75 Å². The van der Waals surface area contributed by atoms with Crippen LogP contribution >= 0.6 is 23.2 Å². The van der Waals surface area contributed by atoms with Crippen LogP contribution in [-0.4, -0.2) is 34.9 Å². The number of methoxy groups -OCH3 is 1. The molecule has 1 unspecified atom stereocenters. The van der Waals surface area contributed by atoms with Gasteiger partial charge in [-0.1, -0.05) is 64.8 Å². The summed E-state index contributed by atoms with van der Waals surface area (Å²) < 4.78 is 5.12. The second kappa shape index (κ2) is 9.01. The summed E-state index contributed by atoms with van der Waals surface area (Å²) in [4.78, 5) is 31.2. The van der Waals surface area contributed by atoms with Gasteiger partial charge in [-0.2, -0.15) is 0 Å². The number of carboxylic acids is 1. The van der Waals surface area contributed by atoms with Crippen molar-refractivity contribution in [2.45, 2.75) is 5.72 Å². The van der Waals surface area contributed by atoms with E-state index in [-0.39, 0.29) is 32.6 Å². The van der Waals surface area contributed by atoms with Gasteiger partial charge in [-0.25, -0.2) is 9.80 Å². The van der Waals surface area contributed by atoms with Crippen molar-refractivity contribution in [3.63, 3.8) is 0 Å². The van der Waals surface area contributed by atoms with Crippen molar-refractivity contribution in [2.24, 2.45) is 5.16 Å². The highest BCUT2D eigenvalue weighted by atomic mass is 35.5. The van der Waals surface area contributed by atoms with E-state index in [1.165, 1.54) is 19.2 Å². The Labute approximate surface area is 198 Å². The molecule has 1 atom stereocenters. The summed E-state index contributed by atoms with van der Waals surface area (Å²) in [5, 5.41) is 15.7. The molecule has 10 heteroatoms. The first-order valence-corrected chi connectivity index (χ1v) is 10.4. The van der Waals surface area contributed by atoms with E-state index in [1.807, 2.05) is 0 Å². The van der Waals surface area contributed by atoms with E-state index < -0.39 is 17.6 Å². The SMILES string of the molecule is COc1ccc(C(=O)NN2C(c3c(Cl)cccc3Cl)=NOC2(C(=O)O)c2ccccc2)cc1. The van der Waals surface area contributed by atoms with Crippen LogP contribution in [0.15, 0.2) is 78.0 Å². The predicted molar refractivity (Wildman–Crippen MR) is 122 cm³/mol. The molecule has 3 aromatic carbocycles. The summed E-state index contributed by atoms with van der Waals surface area (Å²) in [5.41, 5.74) is 1.07. The van der Waals surface area contributed by atoms with Crippen molar-refractivity contribution in [3.8, 4) is 5.75 Å². The standard InChI is InChI=1S/C23H17Cl2N3O5/c1-32-16-12-10-14(11-13-16)21(29)26-28-20(19-17(24)8-5-9-18(19)25)27-33-23(28,22(30)31)15-6-3-2-4-7-15/h2-13H,1H3,(H,26,29)(H,30,31). The molecule has 1 amide bonds. The molecule has 0 aromatic heterocycles. The van der Waals surface area contributed by atoms with E-state index in [1.54, 1.807) is 60.7 Å². The molecular formula is C23H17Cl2N3O5. The maximum absolute atomic E-state index is 13.1. The summed E-state index contributed by atoms with van der Waals surface area (Å²) in [7, 11) is 1.51. The van der Waals surface area contributed by atoms with Gasteiger partial charge in [0.05, 0.1) is 22.7 Å². The number of nitrogens with one attached hydrogen (secondary N) is 1. The normalized spacial score (nSPS) is 17.2. The van der Waals surface area contributed by atoms with Crippen LogP contribution in [0.3, 0.4) is 0 Å². The zero-order valence-corrected chi connectivity index (χ0v) is 18.7. The van der Waals surface area contributed by atoms with Crippen molar-refractivity contribution < 1.29 is 24.3 Å². The number of rotatable bonds is 6. The lowest BCUT2D eigenvalue weighted by atomic mass is 10.0. The van der Waals surface area contributed by atoms with Gasteiger partial charge >= 0.3 is 11.7 Å². The van der Waals surface area contributed by atoms with E-state index in [2.05, 4.69) is 10.6 Å². The topological polar surface area (TPSA) is 100 Å². The fraction of sp³-hybridized carbons (Fsp3) is 0.0870. The van der Waals surface area contributed by atoms with Gasteiger partial charge in [0.15, 0.2) is 0 Å². The van der Waals surface area contributed by atoms with Crippen molar-refractivity contribution in [1.82, 2.24) is 10.4 Å². The van der Waals surface area contributed by atoms with Crippen LogP contribution in [0.25, 0.3) is 0 Å². The Bertz CT molecular complexity index is 1210. The van der Waals surface area contributed by atoms with E-state index >= 15 is 0 Å². The molecule has 1 heterocycles. The number of oxime groups is 1. The van der Waals surface area contributed by atoms with Crippen LogP contribution in [0, 0.1) is 0 Å². The molecule has 1 aliphatic heterocycles. The number of carbonyl (C=O) groups excluding carboxylic acids is 1. The molecular weight excluding hydrogens is 469 g/mol. The van der Waals surface area contributed by atoms with Gasteiger partial charge in [0.25, 0.3) is 5.91 Å². The predicted octanol–water partition coefficient (Wildman–Crippen LogP) is 4.28. The monoisotopic (exact) mass is 485 g/mol. The third-order valence-electron chi connectivity index (χ3n) is 5.00. The Balaban J connectivity index is 1.83. The number of hydrogen-bond acceptors (Lipinski definition) is 6. The summed E-state index contributed by atoms with van der Waals surface area (Å²) >= 11 is 12.7. The van der Waals surface area contributed by atoms with Crippen molar-refractivity contribution in [3.05, 3.63) is 99.5 Å². The first kappa shape index (κ1) is 22.4. The van der Waals surface area contributed by atoms with Crippen LogP contribution in [-0.2, 0) is 15.4 Å². The van der Waals surface area contributed by atoms with Crippen LogP contribution < -0.4 is 10.2 Å². The van der Waals surface area contributed by atoms with Crippen molar-refractivity contribution in [2.75, 3.05) is 7.11 Å². The minimum atomic E-state index is -2.21. The average Bonchev–Trinajstić information content (AvgIpc) is 3.19. The summed E-state index contributed by atoms with van der Waals surface area (Å²) in [6.07, 6.45) is 0. The van der Waals surface area contributed by atoms with Crippen LogP contribution in [0.1, 0.15) is 21.5 Å². The summed E-state index contributed by atoms with van der Waals surface area (Å²) in [6.45, 7) is 0. The molecule has 0 fully saturated rings. The van der Waals surface area contributed by atoms with Crippen molar-refractivity contribution >= 4 is 40.9 Å². The molecule has 168 valence electrons. The highest BCUT2D eigenvalue weighted by molar-refractivity contribution is 6.40. The molecule has 0 saturated heterocycles. The Kier molecular flexibility index (Phi) is 6.13. The molecule has 0 aliphatic carbocycles. The number of hydrazine groups is 1. The lowest BCUT2D eigenvalue weighted by Crippen LogP contribution is -2.59. The zero-order valence-electron chi connectivity index (χ0n) is 17.2. The van der Waals surface area contributed by atoms with Crippen LogP contribution in [0.4, 0.5) is 0 Å². The van der Waals surface area contributed by atoms with Crippen molar-refractivity contribution in [1.29, 1.82) is 0 Å². The lowest BCUT2D eigenvalue weighted by Gasteiger charge is -2.34. The van der Waals surface area contributed by atoms with Gasteiger partial charge in [-0.05, 0) is 36.4 Å². The van der Waals surface area contributed by atoms with Gasteiger partial charge in [-0.3, -0.25) is 10.2 Å². The van der Waals surface area contributed by atoms with Gasteiger partial charge in [0, 0.05) is 11.1 Å². The number of hydrogen-bond donors (Lipinski definition) is 2. The second-order valence-electron chi connectivity index (χ2n) is 6.92. The summed E-state index contributed by atoms with van der Waals surface area (Å²) in [5.74, 6) is -1.53. The maximum atomic E-state index is 13.1. The van der Waals surface area contributed by atoms with Crippen LogP contribution in [0.2, 0.25) is 10.0 Å². The van der Waals surface area contributed by atoms with Gasteiger partial charge in [0.2, 0.25) is 5.84 Å². The molecule has 3 aromatic rings. The first-order valence-electron chi connectivity index (χ1n) is 9.63. The fourth-order valence-electron chi connectivity index (χ4n) is 3.35. The van der Waals surface area contributed by atoms with Crippen LogP contribution in [0.5, 0.6) is 5.75 Å². The van der Waals surface area contributed by atoms with E-state index in [0.717, 1.165) is 5.01 Å². The molecule has 2 N–H and O–H groups in total. The third-order valence-corrected chi connectivity index (χ3v) is 5.63. The molecule has 4 rings (SSSR count). The maximum Gasteiger partial charge on any atom is 0.379 e. The lowest BCUT2D eigenvalue weighted by molar-refractivity contribution is -0.186. The largest absolute Gasteiger partial charge is 0.497 e. The van der Waals surface area contributed by atoms with Gasteiger partial charge < -0.3 is 14.7 Å². The number of halogens is 2. The van der Waals surface area contributed by atoms with E-state index in [9.17, 15) is 14.7 Å². The fourth-order valence-corrected chi connectivity index (χ4v) is 3.92. The minimum absolute atomic E-state index is 0.0706.